The first-order chi connectivity index (χ1) is 7.50. The smallest absolute Gasteiger partial charge is 0.236 e. The van der Waals surface area contributed by atoms with Crippen LogP contribution in [0.5, 0.6) is 0 Å². The molecule has 1 aromatic rings. The van der Waals surface area contributed by atoms with E-state index in [1.807, 2.05) is 18.2 Å². The number of halogens is 3. The van der Waals surface area contributed by atoms with Gasteiger partial charge >= 0.3 is 0 Å². The maximum atomic E-state index is 11.2. The number of carbonyl (C=O) groups is 1. The molecule has 3 nitrogen and oxygen atoms in total. The second-order valence-electron chi connectivity index (χ2n) is 3.57. The van der Waals surface area contributed by atoms with E-state index in [4.69, 9.17) is 17.3 Å². The highest BCUT2D eigenvalue weighted by Crippen LogP contribution is 2.21. The summed E-state index contributed by atoms with van der Waals surface area (Å²) >= 11 is 9.31. The van der Waals surface area contributed by atoms with Crippen molar-refractivity contribution in [2.24, 2.45) is 5.73 Å². The summed E-state index contributed by atoms with van der Waals surface area (Å²) in [6, 6.07) is 5.12. The zero-order valence-electron chi connectivity index (χ0n) is 9.37. The molecule has 0 saturated heterocycles. The summed E-state index contributed by atoms with van der Waals surface area (Å²) in [4.78, 5) is 11.2. The Morgan fingerprint density at radius 1 is 1.59 bits per heavy atom. The lowest BCUT2D eigenvalue weighted by Gasteiger charge is -2.09. The fourth-order valence-corrected chi connectivity index (χ4v) is 1.86. The lowest BCUT2D eigenvalue weighted by molar-refractivity contribution is -0.121. The topological polar surface area (TPSA) is 55.1 Å². The Kier molecular flexibility index (Phi) is 7.79. The van der Waals surface area contributed by atoms with Gasteiger partial charge in [-0.1, -0.05) is 27.5 Å². The highest BCUT2D eigenvalue weighted by atomic mass is 79.9. The van der Waals surface area contributed by atoms with Crippen molar-refractivity contribution in [2.75, 3.05) is 6.54 Å². The van der Waals surface area contributed by atoms with Crippen molar-refractivity contribution < 1.29 is 4.79 Å². The number of hydrogen-bond acceptors (Lipinski definition) is 2. The van der Waals surface area contributed by atoms with Gasteiger partial charge in [-0.25, -0.2) is 0 Å². The second kappa shape index (κ2) is 7.93. The van der Waals surface area contributed by atoms with Crippen LogP contribution in [0.4, 0.5) is 0 Å². The molecule has 0 aliphatic carbocycles. The molecule has 0 bridgehead atoms. The molecule has 1 amide bonds. The number of rotatable bonds is 4. The fraction of sp³-hybridized carbons (Fsp3) is 0.364. The molecule has 0 unspecified atom stereocenters. The highest BCUT2D eigenvalue weighted by Gasteiger charge is 2.06. The van der Waals surface area contributed by atoms with Gasteiger partial charge in [0.2, 0.25) is 5.91 Å². The monoisotopic (exact) mass is 340 g/mol. The molecule has 96 valence electrons. The normalized spacial score (nSPS) is 11.5. The van der Waals surface area contributed by atoms with Crippen molar-refractivity contribution in [3.8, 4) is 0 Å². The lowest BCUT2D eigenvalue weighted by Crippen LogP contribution is -2.39. The van der Waals surface area contributed by atoms with Gasteiger partial charge in [0.05, 0.1) is 6.04 Å². The average molecular weight is 342 g/mol. The first-order valence-corrected chi connectivity index (χ1v) is 6.15. The van der Waals surface area contributed by atoms with Gasteiger partial charge in [-0.15, -0.1) is 12.4 Å². The second-order valence-corrected chi connectivity index (χ2v) is 4.86. The number of nitrogens with one attached hydrogen (secondary N) is 1. The molecule has 0 aromatic heterocycles. The molecule has 3 N–H and O–H groups in total. The number of amides is 1. The van der Waals surface area contributed by atoms with Crippen LogP contribution in [0, 0.1) is 0 Å². The third kappa shape index (κ3) is 5.73. The first-order valence-electron chi connectivity index (χ1n) is 4.98. The van der Waals surface area contributed by atoms with Crippen LogP contribution in [0.15, 0.2) is 22.7 Å². The molecule has 0 aliphatic rings. The van der Waals surface area contributed by atoms with E-state index in [0.717, 1.165) is 16.5 Å². The maximum Gasteiger partial charge on any atom is 0.236 e. The van der Waals surface area contributed by atoms with Gasteiger partial charge in [0.1, 0.15) is 0 Å². The fourth-order valence-electron chi connectivity index (χ4n) is 1.22. The highest BCUT2D eigenvalue weighted by molar-refractivity contribution is 9.10. The Bertz CT molecular complexity index is 386. The van der Waals surface area contributed by atoms with Crippen molar-refractivity contribution in [1.82, 2.24) is 5.32 Å². The van der Waals surface area contributed by atoms with E-state index in [2.05, 4.69) is 21.2 Å². The predicted molar refractivity (Wildman–Crippen MR) is 76.8 cm³/mol. The van der Waals surface area contributed by atoms with Crippen LogP contribution in [-0.4, -0.2) is 18.5 Å². The van der Waals surface area contributed by atoms with Gasteiger partial charge in [-0.05, 0) is 37.1 Å². The van der Waals surface area contributed by atoms with E-state index in [9.17, 15) is 4.79 Å². The standard InChI is InChI=1S/C11H14BrClN2O.ClH/c1-7(14)11(16)15-5-4-8-6-9(13)2-3-10(8)12;/h2-3,6-7H,4-5,14H2,1H3,(H,15,16);1H/t7-;/m1./s1. The summed E-state index contributed by atoms with van der Waals surface area (Å²) in [7, 11) is 0. The summed E-state index contributed by atoms with van der Waals surface area (Å²) in [5.74, 6) is -0.141. The largest absolute Gasteiger partial charge is 0.354 e. The number of nitrogens with two attached hydrogens (primary N) is 1. The first kappa shape index (κ1) is 16.7. The number of benzene rings is 1. The summed E-state index contributed by atoms with van der Waals surface area (Å²) in [6.07, 6.45) is 0.722. The van der Waals surface area contributed by atoms with E-state index in [1.54, 1.807) is 6.92 Å². The quantitative estimate of drug-likeness (QED) is 0.884. The predicted octanol–water partition coefficient (Wildman–Crippen LogP) is 2.53. The zero-order valence-corrected chi connectivity index (χ0v) is 12.5. The van der Waals surface area contributed by atoms with Crippen molar-refractivity contribution in [1.29, 1.82) is 0 Å². The molecule has 1 aromatic carbocycles. The molecule has 0 radical (unpaired) electrons. The minimum atomic E-state index is -0.470. The maximum absolute atomic E-state index is 11.2. The molecule has 6 heteroatoms. The Labute approximate surface area is 121 Å². The van der Waals surface area contributed by atoms with Gasteiger partial charge in [0, 0.05) is 16.0 Å². The molecule has 0 aliphatic heterocycles. The number of carbonyl (C=O) groups excluding carboxylic acids is 1. The van der Waals surface area contributed by atoms with E-state index in [1.165, 1.54) is 0 Å². The van der Waals surface area contributed by atoms with Crippen molar-refractivity contribution in [3.05, 3.63) is 33.3 Å². The average Bonchev–Trinajstić information content (AvgIpc) is 2.22. The molecule has 0 heterocycles. The SMILES string of the molecule is C[C@@H](N)C(=O)NCCc1cc(Cl)ccc1Br.Cl. The minimum Gasteiger partial charge on any atom is -0.354 e. The number of hydrogen-bond donors (Lipinski definition) is 2. The Balaban J connectivity index is 0.00000256. The van der Waals surface area contributed by atoms with Crippen molar-refractivity contribution >= 4 is 45.8 Å². The molecule has 0 spiro atoms. The van der Waals surface area contributed by atoms with E-state index in [0.29, 0.717) is 11.6 Å². The van der Waals surface area contributed by atoms with Crippen LogP contribution in [0.25, 0.3) is 0 Å². The van der Waals surface area contributed by atoms with Crippen LogP contribution in [0.2, 0.25) is 5.02 Å². The molecular formula is C11H15BrCl2N2O. The molecule has 0 saturated carbocycles. The Hall–Kier alpha value is -0.290. The van der Waals surface area contributed by atoms with Gasteiger partial charge in [-0.2, -0.15) is 0 Å². The summed E-state index contributed by atoms with van der Waals surface area (Å²) in [5.41, 5.74) is 6.49. The Morgan fingerprint density at radius 3 is 2.82 bits per heavy atom. The third-order valence-corrected chi connectivity index (χ3v) is 3.12. The van der Waals surface area contributed by atoms with Crippen LogP contribution in [0.3, 0.4) is 0 Å². The molecule has 17 heavy (non-hydrogen) atoms. The summed E-state index contributed by atoms with van der Waals surface area (Å²) in [6.45, 7) is 2.21. The molecular weight excluding hydrogens is 327 g/mol. The van der Waals surface area contributed by atoms with Gasteiger partial charge in [0.25, 0.3) is 0 Å². The van der Waals surface area contributed by atoms with Gasteiger partial charge < -0.3 is 11.1 Å². The molecule has 0 fully saturated rings. The van der Waals surface area contributed by atoms with Gasteiger partial charge in [0.15, 0.2) is 0 Å². The van der Waals surface area contributed by atoms with Crippen molar-refractivity contribution in [3.63, 3.8) is 0 Å². The molecule has 1 rings (SSSR count). The minimum absolute atomic E-state index is 0. The van der Waals surface area contributed by atoms with E-state index < -0.39 is 6.04 Å². The van der Waals surface area contributed by atoms with Crippen LogP contribution in [-0.2, 0) is 11.2 Å². The van der Waals surface area contributed by atoms with E-state index >= 15 is 0 Å². The van der Waals surface area contributed by atoms with Crippen LogP contribution >= 0.6 is 39.9 Å². The third-order valence-electron chi connectivity index (χ3n) is 2.11. The Morgan fingerprint density at radius 2 is 2.24 bits per heavy atom. The summed E-state index contributed by atoms with van der Waals surface area (Å²) in [5, 5.41) is 3.44. The van der Waals surface area contributed by atoms with Gasteiger partial charge in [-0.3, -0.25) is 4.79 Å². The van der Waals surface area contributed by atoms with E-state index in [-0.39, 0.29) is 18.3 Å². The molecule has 1 atom stereocenters. The van der Waals surface area contributed by atoms with Crippen LogP contribution < -0.4 is 11.1 Å². The lowest BCUT2D eigenvalue weighted by atomic mass is 10.1. The van der Waals surface area contributed by atoms with Crippen LogP contribution in [0.1, 0.15) is 12.5 Å². The summed E-state index contributed by atoms with van der Waals surface area (Å²) < 4.78 is 0.993. The zero-order chi connectivity index (χ0) is 12.1. The van der Waals surface area contributed by atoms with Crippen molar-refractivity contribution in [2.45, 2.75) is 19.4 Å².